The van der Waals surface area contributed by atoms with Gasteiger partial charge in [0.05, 0.1) is 11.3 Å². The number of anilines is 1. The third-order valence-electron chi connectivity index (χ3n) is 4.77. The van der Waals surface area contributed by atoms with Gasteiger partial charge in [-0.1, -0.05) is 50.2 Å². The molecule has 0 fully saturated rings. The van der Waals surface area contributed by atoms with Crippen LogP contribution in [0.1, 0.15) is 61.5 Å². The maximum Gasteiger partial charge on any atom is 0.255 e. The van der Waals surface area contributed by atoms with Crippen molar-refractivity contribution in [2.45, 2.75) is 46.5 Å². The van der Waals surface area contributed by atoms with Gasteiger partial charge in [0.15, 0.2) is 0 Å². The number of nitrogens with one attached hydrogen (secondary N) is 1. The third kappa shape index (κ3) is 5.68. The van der Waals surface area contributed by atoms with Gasteiger partial charge < -0.3 is 10.2 Å². The van der Waals surface area contributed by atoms with Crippen LogP contribution in [0.4, 0.5) is 5.69 Å². The maximum absolute atomic E-state index is 12.7. The van der Waals surface area contributed by atoms with E-state index in [-0.39, 0.29) is 11.8 Å². The summed E-state index contributed by atoms with van der Waals surface area (Å²) in [7, 11) is 0. The number of benzene rings is 2. The van der Waals surface area contributed by atoms with E-state index in [1.54, 1.807) is 17.0 Å². The first-order chi connectivity index (χ1) is 13.0. The van der Waals surface area contributed by atoms with Crippen LogP contribution in [0.5, 0.6) is 0 Å². The Bertz CT molecular complexity index is 762. The van der Waals surface area contributed by atoms with E-state index in [1.807, 2.05) is 26.0 Å². The summed E-state index contributed by atoms with van der Waals surface area (Å²) in [5.41, 5.74) is 3.56. The van der Waals surface area contributed by atoms with Gasteiger partial charge in [-0.2, -0.15) is 0 Å². The molecule has 0 saturated heterocycles. The van der Waals surface area contributed by atoms with Crippen LogP contribution in [-0.2, 0) is 11.2 Å². The van der Waals surface area contributed by atoms with Crippen molar-refractivity contribution in [3.05, 3.63) is 65.2 Å². The summed E-state index contributed by atoms with van der Waals surface area (Å²) in [6, 6.07) is 15.6. The zero-order valence-corrected chi connectivity index (χ0v) is 16.8. The Balaban J connectivity index is 2.00. The van der Waals surface area contributed by atoms with Crippen molar-refractivity contribution in [2.75, 3.05) is 18.4 Å². The zero-order chi connectivity index (χ0) is 19.8. The van der Waals surface area contributed by atoms with Crippen LogP contribution < -0.4 is 5.32 Å². The number of aryl methyl sites for hydroxylation is 1. The van der Waals surface area contributed by atoms with Gasteiger partial charge in [0, 0.05) is 19.5 Å². The van der Waals surface area contributed by atoms with Crippen LogP contribution in [0.25, 0.3) is 0 Å². The van der Waals surface area contributed by atoms with Crippen LogP contribution in [-0.4, -0.2) is 29.8 Å². The highest BCUT2D eigenvalue weighted by atomic mass is 16.2. The van der Waals surface area contributed by atoms with E-state index in [4.69, 9.17) is 0 Å². The number of carbonyl (C=O) groups is 2. The minimum absolute atomic E-state index is 0.0554. The summed E-state index contributed by atoms with van der Waals surface area (Å²) >= 11 is 0. The second kappa shape index (κ2) is 9.91. The van der Waals surface area contributed by atoms with Gasteiger partial charge in [-0.3, -0.25) is 9.59 Å². The van der Waals surface area contributed by atoms with Crippen LogP contribution in [0.15, 0.2) is 48.5 Å². The molecule has 0 aliphatic heterocycles. The van der Waals surface area contributed by atoms with Gasteiger partial charge in [0.25, 0.3) is 5.91 Å². The number of amides is 2. The summed E-state index contributed by atoms with van der Waals surface area (Å²) < 4.78 is 0. The van der Waals surface area contributed by atoms with Crippen LogP contribution in [0, 0.1) is 0 Å². The largest absolute Gasteiger partial charge is 0.339 e. The summed E-state index contributed by atoms with van der Waals surface area (Å²) in [5.74, 6) is 0.366. The van der Waals surface area contributed by atoms with Crippen LogP contribution in [0.3, 0.4) is 0 Å². The monoisotopic (exact) mass is 366 g/mol. The predicted octanol–water partition coefficient (Wildman–Crippen LogP) is 4.86. The Kier molecular flexibility index (Phi) is 7.59. The van der Waals surface area contributed by atoms with Crippen molar-refractivity contribution in [3.63, 3.8) is 0 Å². The van der Waals surface area contributed by atoms with Crippen molar-refractivity contribution in [1.82, 2.24) is 4.90 Å². The fourth-order valence-corrected chi connectivity index (χ4v) is 3.00. The molecule has 0 saturated carbocycles. The molecule has 2 amide bonds. The lowest BCUT2D eigenvalue weighted by Gasteiger charge is -2.20. The Labute approximate surface area is 162 Å². The molecule has 0 aliphatic carbocycles. The van der Waals surface area contributed by atoms with Crippen molar-refractivity contribution >= 4 is 17.5 Å². The molecule has 0 atom stereocenters. The summed E-state index contributed by atoms with van der Waals surface area (Å²) in [6.07, 6.45) is 1.06. The fraction of sp³-hybridized carbons (Fsp3) is 0.391. The van der Waals surface area contributed by atoms with Gasteiger partial charge in [0.2, 0.25) is 5.91 Å². The van der Waals surface area contributed by atoms with Crippen molar-refractivity contribution in [1.29, 1.82) is 0 Å². The molecule has 2 aromatic carbocycles. The molecule has 0 unspecified atom stereocenters. The molecule has 2 aromatic rings. The number of rotatable bonds is 8. The lowest BCUT2D eigenvalue weighted by molar-refractivity contribution is -0.116. The molecule has 0 aromatic heterocycles. The molecule has 2 rings (SSSR count). The Morgan fingerprint density at radius 1 is 0.963 bits per heavy atom. The Morgan fingerprint density at radius 3 is 2.19 bits per heavy atom. The van der Waals surface area contributed by atoms with Gasteiger partial charge >= 0.3 is 0 Å². The van der Waals surface area contributed by atoms with E-state index < -0.39 is 0 Å². The summed E-state index contributed by atoms with van der Waals surface area (Å²) in [4.78, 5) is 26.8. The normalized spacial score (nSPS) is 10.7. The van der Waals surface area contributed by atoms with Gasteiger partial charge in [-0.25, -0.2) is 0 Å². The van der Waals surface area contributed by atoms with E-state index in [9.17, 15) is 9.59 Å². The number of para-hydroxylation sites is 1. The molecule has 0 bridgehead atoms. The fourth-order valence-electron chi connectivity index (χ4n) is 3.00. The van der Waals surface area contributed by atoms with E-state index in [1.165, 1.54) is 5.56 Å². The molecule has 0 radical (unpaired) electrons. The lowest BCUT2D eigenvalue weighted by atomic mass is 10.0. The molecule has 1 N–H and O–H groups in total. The van der Waals surface area contributed by atoms with Gasteiger partial charge in [-0.15, -0.1) is 0 Å². The van der Waals surface area contributed by atoms with Crippen molar-refractivity contribution in [2.24, 2.45) is 0 Å². The second-order valence-corrected chi connectivity index (χ2v) is 6.97. The molecule has 144 valence electrons. The molecule has 0 heterocycles. The van der Waals surface area contributed by atoms with Crippen molar-refractivity contribution < 1.29 is 9.59 Å². The average Bonchev–Trinajstić information content (AvgIpc) is 2.68. The summed E-state index contributed by atoms with van der Waals surface area (Å²) in [5, 5.41) is 2.91. The lowest BCUT2D eigenvalue weighted by Crippen LogP contribution is -2.31. The van der Waals surface area contributed by atoms with Crippen LogP contribution >= 0.6 is 0 Å². The third-order valence-corrected chi connectivity index (χ3v) is 4.77. The molecule has 0 aliphatic rings. The van der Waals surface area contributed by atoms with E-state index in [0.29, 0.717) is 43.1 Å². The highest BCUT2D eigenvalue weighted by molar-refractivity contribution is 6.03. The Hall–Kier alpha value is -2.62. The first-order valence-electron chi connectivity index (χ1n) is 9.73. The molecular formula is C23H30N2O2. The van der Waals surface area contributed by atoms with Crippen molar-refractivity contribution in [3.8, 4) is 0 Å². The minimum atomic E-state index is -0.0808. The van der Waals surface area contributed by atoms with E-state index in [0.717, 1.165) is 5.56 Å². The van der Waals surface area contributed by atoms with E-state index in [2.05, 4.69) is 43.4 Å². The second-order valence-electron chi connectivity index (χ2n) is 6.97. The number of hydrogen-bond donors (Lipinski definition) is 1. The maximum atomic E-state index is 12.7. The first-order valence-corrected chi connectivity index (χ1v) is 9.73. The summed E-state index contributed by atoms with van der Waals surface area (Å²) in [6.45, 7) is 9.52. The van der Waals surface area contributed by atoms with E-state index >= 15 is 0 Å². The zero-order valence-electron chi connectivity index (χ0n) is 16.8. The number of nitrogens with zero attached hydrogens (tertiary/aromatic N) is 1. The topological polar surface area (TPSA) is 49.4 Å². The quantitative estimate of drug-likeness (QED) is 0.725. The average molecular weight is 367 g/mol. The predicted molar refractivity (Wildman–Crippen MR) is 111 cm³/mol. The number of carbonyl (C=O) groups excluding carboxylic acids is 2. The number of hydrogen-bond acceptors (Lipinski definition) is 2. The molecule has 4 heteroatoms. The highest BCUT2D eigenvalue weighted by Gasteiger charge is 2.17. The molecule has 4 nitrogen and oxygen atoms in total. The highest BCUT2D eigenvalue weighted by Crippen LogP contribution is 2.19. The SMILES string of the molecule is CCN(CC)C(=O)c1ccccc1NC(=O)CCc1ccc(C(C)C)cc1. The molecule has 27 heavy (non-hydrogen) atoms. The molecular weight excluding hydrogens is 336 g/mol. The molecule has 0 spiro atoms. The van der Waals surface area contributed by atoms with Gasteiger partial charge in [-0.05, 0) is 49.4 Å². The van der Waals surface area contributed by atoms with Gasteiger partial charge in [0.1, 0.15) is 0 Å². The van der Waals surface area contributed by atoms with Crippen LogP contribution in [0.2, 0.25) is 0 Å². The smallest absolute Gasteiger partial charge is 0.255 e. The minimum Gasteiger partial charge on any atom is -0.339 e. The Morgan fingerprint density at radius 2 is 1.59 bits per heavy atom. The first kappa shape index (κ1) is 20.7. The standard InChI is InChI=1S/C23H30N2O2/c1-5-25(6-2)23(27)20-9-7-8-10-21(20)24-22(26)16-13-18-11-14-19(15-12-18)17(3)4/h7-12,14-15,17H,5-6,13,16H2,1-4H3,(H,24,26).